The standard InChI is InChI=1S/C27H39F5O/c1-2-3-4-19-5-7-20(8-6-19)9-10-21-11-13-22(14-12-21)15-16-23-17-24(28)26(25(29)18-23)33-27(30,31)32/h17-22H,2-16H2,1H3. The van der Waals surface area contributed by atoms with E-state index in [4.69, 9.17) is 0 Å². The normalized spacial score (nSPS) is 26.4. The fraction of sp³-hybridized carbons (Fsp3) is 0.778. The Hall–Kier alpha value is -1.33. The number of rotatable bonds is 10. The highest BCUT2D eigenvalue weighted by Gasteiger charge is 2.34. The molecule has 2 fully saturated rings. The molecule has 33 heavy (non-hydrogen) atoms. The van der Waals surface area contributed by atoms with Crippen LogP contribution in [-0.2, 0) is 6.42 Å². The van der Waals surface area contributed by atoms with Gasteiger partial charge in [0.1, 0.15) is 0 Å². The van der Waals surface area contributed by atoms with Crippen molar-refractivity contribution in [2.24, 2.45) is 23.7 Å². The smallest absolute Gasteiger partial charge is 0.399 e. The molecule has 0 N–H and O–H groups in total. The number of halogens is 5. The molecule has 0 unspecified atom stereocenters. The maximum Gasteiger partial charge on any atom is 0.573 e. The van der Waals surface area contributed by atoms with Gasteiger partial charge in [-0.3, -0.25) is 0 Å². The summed E-state index contributed by atoms with van der Waals surface area (Å²) in [7, 11) is 0. The molecule has 188 valence electrons. The van der Waals surface area contributed by atoms with Crippen molar-refractivity contribution in [2.75, 3.05) is 0 Å². The second kappa shape index (κ2) is 12.4. The van der Waals surface area contributed by atoms with Gasteiger partial charge >= 0.3 is 6.36 Å². The lowest BCUT2D eigenvalue weighted by Crippen LogP contribution is -2.19. The summed E-state index contributed by atoms with van der Waals surface area (Å²) < 4.78 is 68.1. The molecule has 2 saturated carbocycles. The molecule has 1 aromatic rings. The lowest BCUT2D eigenvalue weighted by molar-refractivity contribution is -0.276. The average Bonchev–Trinajstić information content (AvgIpc) is 2.78. The zero-order valence-electron chi connectivity index (χ0n) is 19.9. The summed E-state index contributed by atoms with van der Waals surface area (Å²) >= 11 is 0. The van der Waals surface area contributed by atoms with Crippen LogP contribution in [-0.4, -0.2) is 6.36 Å². The monoisotopic (exact) mass is 474 g/mol. The van der Waals surface area contributed by atoms with E-state index in [0.29, 0.717) is 17.9 Å². The third-order valence-electron chi connectivity index (χ3n) is 8.00. The summed E-state index contributed by atoms with van der Waals surface area (Å²) in [6.07, 6.45) is 13.3. The van der Waals surface area contributed by atoms with Gasteiger partial charge in [0.15, 0.2) is 11.6 Å². The second-order valence-corrected chi connectivity index (χ2v) is 10.5. The summed E-state index contributed by atoms with van der Waals surface area (Å²) in [6, 6.07) is 1.93. The highest BCUT2D eigenvalue weighted by molar-refractivity contribution is 5.31. The molecule has 0 bridgehead atoms. The van der Waals surface area contributed by atoms with E-state index in [1.165, 1.54) is 70.6 Å². The SMILES string of the molecule is CCCCC1CCC(CCC2CCC(CCc3cc(F)c(OC(F)(F)F)c(F)c3)CC2)CC1. The Morgan fingerprint density at radius 1 is 0.727 bits per heavy atom. The first-order chi connectivity index (χ1) is 15.7. The summed E-state index contributed by atoms with van der Waals surface area (Å²) in [6.45, 7) is 2.27. The van der Waals surface area contributed by atoms with Crippen molar-refractivity contribution in [1.82, 2.24) is 0 Å². The van der Waals surface area contributed by atoms with Gasteiger partial charge in [0, 0.05) is 0 Å². The molecule has 3 rings (SSSR count). The van der Waals surface area contributed by atoms with Gasteiger partial charge in [0.05, 0.1) is 0 Å². The lowest BCUT2D eigenvalue weighted by Gasteiger charge is -2.32. The molecule has 0 aromatic heterocycles. The van der Waals surface area contributed by atoms with E-state index in [0.717, 1.165) is 49.1 Å². The van der Waals surface area contributed by atoms with Crippen LogP contribution in [0, 0.1) is 35.3 Å². The number of benzene rings is 1. The van der Waals surface area contributed by atoms with Crippen LogP contribution < -0.4 is 4.74 Å². The van der Waals surface area contributed by atoms with Crippen molar-refractivity contribution in [2.45, 2.75) is 110 Å². The van der Waals surface area contributed by atoms with E-state index in [2.05, 4.69) is 11.7 Å². The van der Waals surface area contributed by atoms with Gasteiger partial charge in [-0.2, -0.15) is 0 Å². The highest BCUT2D eigenvalue weighted by atomic mass is 19.4. The van der Waals surface area contributed by atoms with Gasteiger partial charge in [-0.05, 0) is 54.2 Å². The minimum atomic E-state index is -5.12. The fourth-order valence-corrected chi connectivity index (χ4v) is 5.92. The van der Waals surface area contributed by atoms with Gasteiger partial charge in [-0.15, -0.1) is 13.2 Å². The average molecular weight is 475 g/mol. The van der Waals surface area contributed by atoms with Crippen LogP contribution in [0.15, 0.2) is 12.1 Å². The molecule has 1 aromatic carbocycles. The molecule has 0 atom stereocenters. The van der Waals surface area contributed by atoms with Crippen LogP contribution in [0.1, 0.15) is 102 Å². The van der Waals surface area contributed by atoms with Gasteiger partial charge in [-0.25, -0.2) is 8.78 Å². The molecule has 0 radical (unpaired) electrons. The van der Waals surface area contributed by atoms with E-state index in [1.807, 2.05) is 0 Å². The first-order valence-corrected chi connectivity index (χ1v) is 13.0. The number of ether oxygens (including phenoxy) is 1. The van der Waals surface area contributed by atoms with Crippen LogP contribution >= 0.6 is 0 Å². The Kier molecular flexibility index (Phi) is 9.87. The third-order valence-corrected chi connectivity index (χ3v) is 8.00. The van der Waals surface area contributed by atoms with E-state index in [9.17, 15) is 22.0 Å². The first kappa shape index (κ1) is 26.3. The molecule has 0 heterocycles. The van der Waals surface area contributed by atoms with E-state index >= 15 is 0 Å². The Morgan fingerprint density at radius 3 is 1.58 bits per heavy atom. The Balaban J connectivity index is 1.34. The number of hydrogen-bond donors (Lipinski definition) is 0. The van der Waals surface area contributed by atoms with Crippen LogP contribution in [0.3, 0.4) is 0 Å². The van der Waals surface area contributed by atoms with Gasteiger partial charge in [0.2, 0.25) is 5.75 Å². The second-order valence-electron chi connectivity index (χ2n) is 10.5. The molecular formula is C27H39F5O. The van der Waals surface area contributed by atoms with Crippen molar-refractivity contribution < 1.29 is 26.7 Å². The van der Waals surface area contributed by atoms with Crippen LogP contribution in [0.5, 0.6) is 5.75 Å². The van der Waals surface area contributed by atoms with E-state index in [1.54, 1.807) is 0 Å². The number of aryl methyl sites for hydroxylation is 1. The molecule has 0 saturated heterocycles. The van der Waals surface area contributed by atoms with Crippen molar-refractivity contribution >= 4 is 0 Å². The molecule has 2 aliphatic carbocycles. The quantitative estimate of drug-likeness (QED) is 0.307. The minimum Gasteiger partial charge on any atom is -0.399 e. The first-order valence-electron chi connectivity index (χ1n) is 13.0. The van der Waals surface area contributed by atoms with Gasteiger partial charge in [-0.1, -0.05) is 90.4 Å². The number of alkyl halides is 3. The molecule has 1 nitrogen and oxygen atoms in total. The fourth-order valence-electron chi connectivity index (χ4n) is 5.92. The zero-order chi connectivity index (χ0) is 23.8. The number of hydrogen-bond acceptors (Lipinski definition) is 1. The maximum atomic E-state index is 13.9. The third kappa shape index (κ3) is 8.75. The summed E-state index contributed by atoms with van der Waals surface area (Å²) in [4.78, 5) is 0. The Labute approximate surface area is 195 Å². The Morgan fingerprint density at radius 2 is 1.15 bits per heavy atom. The van der Waals surface area contributed by atoms with Crippen LogP contribution in [0.25, 0.3) is 0 Å². The van der Waals surface area contributed by atoms with Gasteiger partial charge in [0.25, 0.3) is 0 Å². The summed E-state index contributed by atoms with van der Waals surface area (Å²) in [5, 5.41) is 0. The van der Waals surface area contributed by atoms with E-state index < -0.39 is 23.7 Å². The van der Waals surface area contributed by atoms with Gasteiger partial charge < -0.3 is 4.74 Å². The molecule has 0 amide bonds. The lowest BCUT2D eigenvalue weighted by atomic mass is 9.74. The molecule has 2 aliphatic rings. The van der Waals surface area contributed by atoms with Crippen LogP contribution in [0.4, 0.5) is 22.0 Å². The Bertz CT molecular complexity index is 693. The predicted octanol–water partition coefficient (Wildman–Crippen LogP) is 9.38. The minimum absolute atomic E-state index is 0.385. The van der Waals surface area contributed by atoms with Crippen molar-refractivity contribution in [1.29, 1.82) is 0 Å². The van der Waals surface area contributed by atoms with E-state index in [-0.39, 0.29) is 0 Å². The summed E-state index contributed by atoms with van der Waals surface area (Å²) in [5.74, 6) is -0.779. The maximum absolute atomic E-state index is 13.9. The topological polar surface area (TPSA) is 9.23 Å². The molecular weight excluding hydrogens is 435 g/mol. The summed E-state index contributed by atoms with van der Waals surface area (Å²) in [5.41, 5.74) is 0.385. The number of unbranched alkanes of at least 4 members (excludes halogenated alkanes) is 1. The van der Waals surface area contributed by atoms with Crippen molar-refractivity contribution in [3.05, 3.63) is 29.3 Å². The molecule has 6 heteroatoms. The van der Waals surface area contributed by atoms with Crippen molar-refractivity contribution in [3.8, 4) is 5.75 Å². The zero-order valence-corrected chi connectivity index (χ0v) is 19.9. The van der Waals surface area contributed by atoms with Crippen molar-refractivity contribution in [3.63, 3.8) is 0 Å². The molecule has 0 spiro atoms. The molecule has 0 aliphatic heterocycles. The largest absolute Gasteiger partial charge is 0.573 e. The van der Waals surface area contributed by atoms with Crippen LogP contribution in [0.2, 0.25) is 0 Å². The predicted molar refractivity (Wildman–Crippen MR) is 121 cm³/mol. The highest BCUT2D eigenvalue weighted by Crippen LogP contribution is 2.39.